The molecule has 8 heteroatoms. The van der Waals surface area contributed by atoms with Gasteiger partial charge in [0.25, 0.3) is 0 Å². The first-order chi connectivity index (χ1) is 10.2. The number of alkyl halides is 3. The maximum absolute atomic E-state index is 12.9. The molecule has 2 aromatic rings. The van der Waals surface area contributed by atoms with Gasteiger partial charge < -0.3 is 0 Å². The number of ketones is 1. The van der Waals surface area contributed by atoms with Gasteiger partial charge in [0.1, 0.15) is 5.15 Å². The van der Waals surface area contributed by atoms with E-state index in [2.05, 4.69) is 5.10 Å². The summed E-state index contributed by atoms with van der Waals surface area (Å²) in [4.78, 5) is 11.9. The van der Waals surface area contributed by atoms with Gasteiger partial charge in [-0.3, -0.25) is 9.48 Å². The molecule has 0 fully saturated rings. The summed E-state index contributed by atoms with van der Waals surface area (Å²) < 4.78 is 39.5. The summed E-state index contributed by atoms with van der Waals surface area (Å²) in [6.45, 7) is 0. The lowest BCUT2D eigenvalue weighted by molar-refractivity contribution is -0.141. The van der Waals surface area contributed by atoms with Gasteiger partial charge in [0.15, 0.2) is 11.5 Å². The zero-order valence-corrected chi connectivity index (χ0v) is 12.7. The van der Waals surface area contributed by atoms with E-state index >= 15 is 0 Å². The molecule has 0 radical (unpaired) electrons. The molecular weight excluding hydrogens is 340 g/mol. The Hall–Kier alpha value is -1.79. The summed E-state index contributed by atoms with van der Waals surface area (Å²) in [5.74, 6) is -0.468. The van der Waals surface area contributed by atoms with Crippen LogP contribution in [0, 0.1) is 0 Å². The Labute approximate surface area is 133 Å². The van der Waals surface area contributed by atoms with E-state index in [0.29, 0.717) is 10.6 Å². The summed E-state index contributed by atoms with van der Waals surface area (Å²) >= 11 is 11.5. The van der Waals surface area contributed by atoms with Crippen molar-refractivity contribution in [1.29, 1.82) is 0 Å². The van der Waals surface area contributed by atoms with Crippen LogP contribution in [-0.4, -0.2) is 15.6 Å². The van der Waals surface area contributed by atoms with Crippen LogP contribution in [0.4, 0.5) is 13.2 Å². The van der Waals surface area contributed by atoms with Crippen molar-refractivity contribution in [1.82, 2.24) is 9.78 Å². The number of nitrogens with zero attached hydrogens (tertiary/aromatic N) is 2. The highest BCUT2D eigenvalue weighted by atomic mass is 35.5. The highest BCUT2D eigenvalue weighted by molar-refractivity contribution is 6.31. The average Bonchev–Trinajstić information content (AvgIpc) is 2.73. The van der Waals surface area contributed by atoms with Crippen LogP contribution < -0.4 is 0 Å². The zero-order valence-electron chi connectivity index (χ0n) is 11.2. The molecule has 0 aliphatic heterocycles. The third-order valence-electron chi connectivity index (χ3n) is 2.81. The van der Waals surface area contributed by atoms with Crippen molar-refractivity contribution >= 4 is 35.1 Å². The van der Waals surface area contributed by atoms with Crippen molar-refractivity contribution in [2.75, 3.05) is 0 Å². The first-order valence-electron chi connectivity index (χ1n) is 5.98. The van der Waals surface area contributed by atoms with Gasteiger partial charge in [0, 0.05) is 23.2 Å². The Balaban J connectivity index is 2.34. The molecule has 0 aliphatic carbocycles. The molecule has 0 spiro atoms. The second kappa shape index (κ2) is 6.14. The van der Waals surface area contributed by atoms with E-state index in [0.717, 1.165) is 16.8 Å². The van der Waals surface area contributed by atoms with Gasteiger partial charge in [-0.1, -0.05) is 23.2 Å². The maximum atomic E-state index is 12.9. The molecular formula is C14H9Cl2F3N2O. The summed E-state index contributed by atoms with van der Waals surface area (Å²) in [7, 11) is 1.29. The highest BCUT2D eigenvalue weighted by Gasteiger charge is 2.37. The van der Waals surface area contributed by atoms with Crippen LogP contribution in [0.5, 0.6) is 0 Å². The van der Waals surface area contributed by atoms with Crippen LogP contribution in [0.2, 0.25) is 10.2 Å². The lowest BCUT2D eigenvalue weighted by Gasteiger charge is -2.03. The Kier molecular flexibility index (Phi) is 4.63. The topological polar surface area (TPSA) is 34.9 Å². The zero-order chi connectivity index (χ0) is 16.5. The number of benzene rings is 1. The van der Waals surface area contributed by atoms with Crippen LogP contribution in [0.1, 0.15) is 21.6 Å². The molecule has 1 aromatic heterocycles. The predicted octanol–water partition coefficient (Wildman–Crippen LogP) is 4.64. The number of aryl methyl sites for hydroxylation is 1. The standard InChI is InChI=1S/C14H9Cl2F3N2O/c1-21-13(16)10(12(20-21)14(17,18)19)6-7-11(22)8-2-4-9(15)5-3-8/h2-7H,1H3/b7-6-. The maximum Gasteiger partial charge on any atom is 0.435 e. The third kappa shape index (κ3) is 3.51. The highest BCUT2D eigenvalue weighted by Crippen LogP contribution is 2.34. The van der Waals surface area contributed by atoms with Gasteiger partial charge in [0.05, 0.1) is 0 Å². The number of halogens is 5. The fraction of sp³-hybridized carbons (Fsp3) is 0.143. The largest absolute Gasteiger partial charge is 0.435 e. The number of allylic oxidation sites excluding steroid dienone is 1. The van der Waals surface area contributed by atoms with E-state index in [4.69, 9.17) is 23.2 Å². The number of hydrogen-bond donors (Lipinski definition) is 0. The van der Waals surface area contributed by atoms with Gasteiger partial charge in [-0.05, 0) is 36.4 Å². The molecule has 1 heterocycles. The summed E-state index contributed by atoms with van der Waals surface area (Å²) in [5, 5.41) is 3.58. The lowest BCUT2D eigenvalue weighted by Crippen LogP contribution is -2.08. The minimum absolute atomic E-state index is 0.201. The molecule has 0 atom stereocenters. The fourth-order valence-electron chi connectivity index (χ4n) is 1.75. The molecule has 0 saturated carbocycles. The Morgan fingerprint density at radius 2 is 1.82 bits per heavy atom. The van der Waals surface area contributed by atoms with Gasteiger partial charge in [-0.2, -0.15) is 18.3 Å². The molecule has 2 rings (SSSR count). The van der Waals surface area contributed by atoms with E-state index in [1.54, 1.807) is 0 Å². The average molecular weight is 349 g/mol. The first-order valence-corrected chi connectivity index (χ1v) is 6.73. The molecule has 22 heavy (non-hydrogen) atoms. The number of carbonyl (C=O) groups is 1. The lowest BCUT2D eigenvalue weighted by atomic mass is 10.1. The second-order valence-electron chi connectivity index (χ2n) is 4.38. The fourth-order valence-corrected chi connectivity index (χ4v) is 2.06. The molecule has 3 nitrogen and oxygen atoms in total. The molecule has 116 valence electrons. The molecule has 0 amide bonds. The Morgan fingerprint density at radius 1 is 1.23 bits per heavy atom. The molecule has 0 N–H and O–H groups in total. The van der Waals surface area contributed by atoms with Gasteiger partial charge in [0.2, 0.25) is 0 Å². The molecule has 0 aliphatic rings. The SMILES string of the molecule is Cn1nc(C(F)(F)F)c(/C=C\C(=O)c2ccc(Cl)cc2)c1Cl. The van der Waals surface area contributed by atoms with E-state index < -0.39 is 17.7 Å². The third-order valence-corrected chi connectivity index (χ3v) is 3.51. The summed E-state index contributed by atoms with van der Waals surface area (Å²) in [5.41, 5.74) is -1.19. The Bertz CT molecular complexity index is 734. The van der Waals surface area contributed by atoms with Crippen molar-refractivity contribution in [2.45, 2.75) is 6.18 Å². The van der Waals surface area contributed by atoms with Crippen LogP contribution in [0.15, 0.2) is 30.3 Å². The number of aromatic nitrogens is 2. The second-order valence-corrected chi connectivity index (χ2v) is 5.17. The summed E-state index contributed by atoms with van der Waals surface area (Å²) in [6, 6.07) is 5.98. The van der Waals surface area contributed by atoms with E-state index in [1.165, 1.54) is 31.3 Å². The van der Waals surface area contributed by atoms with Crippen molar-refractivity contribution in [3.05, 3.63) is 57.3 Å². The van der Waals surface area contributed by atoms with E-state index in [1.807, 2.05) is 0 Å². The minimum atomic E-state index is -4.66. The van der Waals surface area contributed by atoms with Crippen LogP contribution in [0.3, 0.4) is 0 Å². The van der Waals surface area contributed by atoms with Gasteiger partial charge in [-0.15, -0.1) is 0 Å². The van der Waals surface area contributed by atoms with Crippen molar-refractivity contribution in [2.24, 2.45) is 7.05 Å². The molecule has 1 aromatic carbocycles. The minimum Gasteiger partial charge on any atom is -0.289 e. The summed E-state index contributed by atoms with van der Waals surface area (Å²) in [6.07, 6.45) is -2.63. The van der Waals surface area contributed by atoms with Gasteiger partial charge >= 0.3 is 6.18 Å². The monoisotopic (exact) mass is 348 g/mol. The van der Waals surface area contributed by atoms with Gasteiger partial charge in [-0.25, -0.2) is 0 Å². The van der Waals surface area contributed by atoms with Crippen molar-refractivity contribution in [3.63, 3.8) is 0 Å². The first kappa shape index (κ1) is 16.6. The van der Waals surface area contributed by atoms with Crippen LogP contribution in [0.25, 0.3) is 6.08 Å². The number of hydrogen-bond acceptors (Lipinski definition) is 2. The molecule has 0 saturated heterocycles. The van der Waals surface area contributed by atoms with Crippen LogP contribution in [-0.2, 0) is 13.2 Å². The molecule has 0 unspecified atom stereocenters. The predicted molar refractivity (Wildman–Crippen MR) is 78.0 cm³/mol. The number of carbonyl (C=O) groups excluding carboxylic acids is 1. The van der Waals surface area contributed by atoms with Crippen LogP contribution >= 0.6 is 23.2 Å². The smallest absolute Gasteiger partial charge is 0.289 e. The molecule has 0 bridgehead atoms. The van der Waals surface area contributed by atoms with E-state index in [9.17, 15) is 18.0 Å². The normalized spacial score (nSPS) is 12.1. The van der Waals surface area contributed by atoms with E-state index in [-0.39, 0.29) is 10.7 Å². The van der Waals surface area contributed by atoms with Crippen molar-refractivity contribution < 1.29 is 18.0 Å². The van der Waals surface area contributed by atoms with Crippen molar-refractivity contribution in [3.8, 4) is 0 Å². The Morgan fingerprint density at radius 3 is 2.36 bits per heavy atom. The quantitative estimate of drug-likeness (QED) is 0.598. The number of rotatable bonds is 3.